The number of aromatic nitrogens is 3. The molecule has 0 aliphatic heterocycles. The molecule has 3 aromatic rings. The SMILES string of the molecule is Cc1ccc(C(NC2CCc3c(n[nH]c3C)C2)c2ccc(C)cn2)cc1. The van der Waals surface area contributed by atoms with Crippen molar-refractivity contribution in [3.63, 3.8) is 0 Å². The highest BCUT2D eigenvalue weighted by Gasteiger charge is 2.26. The summed E-state index contributed by atoms with van der Waals surface area (Å²) in [5, 5.41) is 11.5. The van der Waals surface area contributed by atoms with Gasteiger partial charge < -0.3 is 5.32 Å². The summed E-state index contributed by atoms with van der Waals surface area (Å²) in [5.41, 5.74) is 8.63. The fourth-order valence-corrected chi connectivity index (χ4v) is 3.80. The summed E-state index contributed by atoms with van der Waals surface area (Å²) < 4.78 is 0. The summed E-state index contributed by atoms with van der Waals surface area (Å²) in [5.74, 6) is 0. The zero-order valence-electron chi connectivity index (χ0n) is 15.7. The Labute approximate surface area is 155 Å². The van der Waals surface area contributed by atoms with Gasteiger partial charge >= 0.3 is 0 Å². The minimum Gasteiger partial charge on any atom is -0.302 e. The van der Waals surface area contributed by atoms with Gasteiger partial charge in [-0.2, -0.15) is 5.10 Å². The highest BCUT2D eigenvalue weighted by atomic mass is 15.1. The fourth-order valence-electron chi connectivity index (χ4n) is 3.80. The Morgan fingerprint density at radius 2 is 1.81 bits per heavy atom. The maximum atomic E-state index is 4.71. The summed E-state index contributed by atoms with van der Waals surface area (Å²) in [4.78, 5) is 4.71. The van der Waals surface area contributed by atoms with Crippen LogP contribution in [0, 0.1) is 20.8 Å². The molecule has 0 saturated heterocycles. The van der Waals surface area contributed by atoms with Crippen LogP contribution < -0.4 is 5.32 Å². The molecule has 0 fully saturated rings. The van der Waals surface area contributed by atoms with Gasteiger partial charge in [-0.05, 0) is 56.4 Å². The van der Waals surface area contributed by atoms with E-state index in [1.807, 2.05) is 6.20 Å². The molecule has 0 amide bonds. The molecule has 1 aliphatic rings. The van der Waals surface area contributed by atoms with Gasteiger partial charge in [-0.1, -0.05) is 35.9 Å². The molecular weight excluding hydrogens is 320 g/mol. The van der Waals surface area contributed by atoms with E-state index in [1.165, 1.54) is 33.6 Å². The van der Waals surface area contributed by atoms with E-state index in [9.17, 15) is 0 Å². The van der Waals surface area contributed by atoms with E-state index < -0.39 is 0 Å². The number of pyridine rings is 1. The first-order valence-corrected chi connectivity index (χ1v) is 9.38. The molecule has 2 aromatic heterocycles. The van der Waals surface area contributed by atoms with Crippen molar-refractivity contribution in [2.24, 2.45) is 0 Å². The molecule has 0 radical (unpaired) electrons. The lowest BCUT2D eigenvalue weighted by molar-refractivity contribution is 0.419. The number of nitrogens with one attached hydrogen (secondary N) is 2. The smallest absolute Gasteiger partial charge is 0.0753 e. The van der Waals surface area contributed by atoms with Gasteiger partial charge in [0.1, 0.15) is 0 Å². The predicted molar refractivity (Wildman–Crippen MR) is 104 cm³/mol. The van der Waals surface area contributed by atoms with E-state index in [0.717, 1.165) is 25.0 Å². The van der Waals surface area contributed by atoms with E-state index in [0.29, 0.717) is 6.04 Å². The Morgan fingerprint density at radius 3 is 2.54 bits per heavy atom. The van der Waals surface area contributed by atoms with E-state index in [2.05, 4.69) is 72.7 Å². The lowest BCUT2D eigenvalue weighted by Gasteiger charge is -2.28. The molecular formula is C22H26N4. The third-order valence-corrected chi connectivity index (χ3v) is 5.39. The number of rotatable bonds is 4. The summed E-state index contributed by atoms with van der Waals surface area (Å²) in [6, 6.07) is 13.6. The van der Waals surface area contributed by atoms with Crippen LogP contribution in [0.25, 0.3) is 0 Å². The maximum Gasteiger partial charge on any atom is 0.0753 e. The minimum atomic E-state index is 0.0998. The minimum absolute atomic E-state index is 0.0998. The van der Waals surface area contributed by atoms with E-state index in [-0.39, 0.29) is 6.04 Å². The summed E-state index contributed by atoms with van der Waals surface area (Å²) in [6.45, 7) is 6.32. The summed E-state index contributed by atoms with van der Waals surface area (Å²) in [7, 11) is 0. The van der Waals surface area contributed by atoms with Crippen molar-refractivity contribution >= 4 is 0 Å². The number of aryl methyl sites for hydroxylation is 3. The zero-order valence-corrected chi connectivity index (χ0v) is 15.7. The van der Waals surface area contributed by atoms with Gasteiger partial charge in [0.2, 0.25) is 0 Å². The first-order chi connectivity index (χ1) is 12.6. The molecule has 4 nitrogen and oxygen atoms in total. The van der Waals surface area contributed by atoms with Crippen LogP contribution in [0.5, 0.6) is 0 Å². The molecule has 2 atom stereocenters. The third kappa shape index (κ3) is 3.42. The normalized spacial score (nSPS) is 17.7. The second-order valence-corrected chi connectivity index (χ2v) is 7.48. The molecule has 0 saturated carbocycles. The lowest BCUT2D eigenvalue weighted by atomic mass is 9.90. The van der Waals surface area contributed by atoms with Crippen molar-refractivity contribution in [2.45, 2.75) is 52.1 Å². The molecule has 0 bridgehead atoms. The maximum absolute atomic E-state index is 4.71. The van der Waals surface area contributed by atoms with Crippen molar-refractivity contribution in [2.75, 3.05) is 0 Å². The number of benzene rings is 1. The van der Waals surface area contributed by atoms with Crippen LogP contribution in [0.3, 0.4) is 0 Å². The Bertz CT molecular complexity index is 832. The van der Waals surface area contributed by atoms with Crippen LogP contribution in [-0.2, 0) is 12.8 Å². The Hall–Kier alpha value is -2.46. The summed E-state index contributed by atoms with van der Waals surface area (Å²) in [6.07, 6.45) is 5.13. The molecule has 2 N–H and O–H groups in total. The van der Waals surface area contributed by atoms with Crippen molar-refractivity contribution in [3.05, 3.63) is 81.9 Å². The molecule has 1 aliphatic carbocycles. The van der Waals surface area contributed by atoms with Gasteiger partial charge in [-0.15, -0.1) is 0 Å². The molecule has 2 unspecified atom stereocenters. The second-order valence-electron chi connectivity index (χ2n) is 7.48. The van der Waals surface area contributed by atoms with Crippen LogP contribution in [0.2, 0.25) is 0 Å². The van der Waals surface area contributed by atoms with Crippen LogP contribution in [-0.4, -0.2) is 21.2 Å². The molecule has 1 aromatic carbocycles. The lowest BCUT2D eigenvalue weighted by Crippen LogP contribution is -2.38. The first kappa shape index (κ1) is 17.0. The van der Waals surface area contributed by atoms with E-state index in [4.69, 9.17) is 4.98 Å². The number of fused-ring (bicyclic) bond motifs is 1. The standard InChI is InChI=1S/C22H26N4/c1-14-4-7-17(8-5-14)22(20-11-6-15(2)13-23-20)24-18-9-10-19-16(3)25-26-21(19)12-18/h4-8,11,13,18,22,24H,9-10,12H2,1-3H3,(H,25,26). The molecule has 134 valence electrons. The average Bonchev–Trinajstić information content (AvgIpc) is 3.02. The molecule has 2 heterocycles. The van der Waals surface area contributed by atoms with Crippen molar-refractivity contribution in [3.8, 4) is 0 Å². The first-order valence-electron chi connectivity index (χ1n) is 9.38. The Balaban J connectivity index is 1.61. The predicted octanol–water partition coefficient (Wildman–Crippen LogP) is 3.97. The van der Waals surface area contributed by atoms with Crippen molar-refractivity contribution in [1.82, 2.24) is 20.5 Å². The Kier molecular flexibility index (Phi) is 4.60. The van der Waals surface area contributed by atoms with Crippen LogP contribution in [0.1, 0.15) is 51.8 Å². The van der Waals surface area contributed by atoms with Gasteiger partial charge in [0.05, 0.1) is 17.4 Å². The molecule has 26 heavy (non-hydrogen) atoms. The average molecular weight is 346 g/mol. The van der Waals surface area contributed by atoms with Gasteiger partial charge in [0.15, 0.2) is 0 Å². The zero-order chi connectivity index (χ0) is 18.1. The molecule has 0 spiro atoms. The number of hydrogen-bond donors (Lipinski definition) is 2. The van der Waals surface area contributed by atoms with E-state index >= 15 is 0 Å². The van der Waals surface area contributed by atoms with E-state index in [1.54, 1.807) is 0 Å². The Morgan fingerprint density at radius 1 is 1.04 bits per heavy atom. The monoisotopic (exact) mass is 346 g/mol. The third-order valence-electron chi connectivity index (χ3n) is 5.39. The van der Waals surface area contributed by atoms with Crippen LogP contribution in [0.15, 0.2) is 42.6 Å². The highest BCUT2D eigenvalue weighted by Crippen LogP contribution is 2.27. The number of aromatic amines is 1. The van der Waals surface area contributed by atoms with Gasteiger partial charge in [0, 0.05) is 24.4 Å². The van der Waals surface area contributed by atoms with Crippen molar-refractivity contribution in [1.29, 1.82) is 0 Å². The van der Waals surface area contributed by atoms with Crippen molar-refractivity contribution < 1.29 is 0 Å². The quantitative estimate of drug-likeness (QED) is 0.752. The van der Waals surface area contributed by atoms with Crippen LogP contribution >= 0.6 is 0 Å². The second kappa shape index (κ2) is 7.04. The van der Waals surface area contributed by atoms with Gasteiger partial charge in [-0.25, -0.2) is 0 Å². The highest BCUT2D eigenvalue weighted by molar-refractivity contribution is 5.32. The molecule has 4 rings (SSSR count). The number of H-pyrrole nitrogens is 1. The fraction of sp³-hybridized carbons (Fsp3) is 0.364. The number of hydrogen-bond acceptors (Lipinski definition) is 3. The van der Waals surface area contributed by atoms with Crippen LogP contribution in [0.4, 0.5) is 0 Å². The summed E-state index contributed by atoms with van der Waals surface area (Å²) >= 11 is 0. The van der Waals surface area contributed by atoms with Gasteiger partial charge in [-0.3, -0.25) is 10.1 Å². The topological polar surface area (TPSA) is 53.6 Å². The largest absolute Gasteiger partial charge is 0.302 e. The number of nitrogens with zero attached hydrogens (tertiary/aromatic N) is 2. The van der Waals surface area contributed by atoms with Gasteiger partial charge in [0.25, 0.3) is 0 Å². The molecule has 4 heteroatoms.